The second-order valence-electron chi connectivity index (χ2n) is 2.47. The third kappa shape index (κ3) is 1.98. The van der Waals surface area contributed by atoms with E-state index in [4.69, 9.17) is 5.73 Å². The van der Waals surface area contributed by atoms with Gasteiger partial charge in [0.05, 0.1) is 16.6 Å². The molecular weight excluding hydrogens is 182 g/mol. The van der Waals surface area contributed by atoms with Gasteiger partial charge in [-0.15, -0.1) is 11.3 Å². The minimum atomic E-state index is -2.42. The van der Waals surface area contributed by atoms with Crippen molar-refractivity contribution in [3.8, 4) is 0 Å². The summed E-state index contributed by atoms with van der Waals surface area (Å²) in [5.74, 6) is -0.907. The molecule has 1 atom stereocenters. The molecule has 2 N–H and O–H groups in total. The van der Waals surface area contributed by atoms with Crippen LogP contribution in [0.25, 0.3) is 0 Å². The Morgan fingerprint density at radius 2 is 2.33 bits per heavy atom. The van der Waals surface area contributed by atoms with Crippen LogP contribution in [0, 0.1) is 6.92 Å². The van der Waals surface area contributed by atoms with Crippen molar-refractivity contribution in [2.24, 2.45) is 5.73 Å². The Bertz CT molecular complexity index is 249. The van der Waals surface area contributed by atoms with Gasteiger partial charge in [0.25, 0.3) is 0 Å². The first-order valence-corrected chi connectivity index (χ1v) is 4.43. The topological polar surface area (TPSA) is 38.9 Å². The van der Waals surface area contributed by atoms with E-state index in [1.54, 1.807) is 12.3 Å². The van der Waals surface area contributed by atoms with Crippen LogP contribution in [0.2, 0.25) is 0 Å². The molecule has 0 fully saturated rings. The minimum Gasteiger partial charge on any atom is -0.330 e. The van der Waals surface area contributed by atoms with E-state index >= 15 is 0 Å². The highest BCUT2D eigenvalue weighted by molar-refractivity contribution is 7.09. The standard InChI is InChI=1S/C7H10F2N2S/c1-4-11-6(3-12-4)5(2-10)7(8)9/h3,5,7H,2,10H2,1H3. The van der Waals surface area contributed by atoms with E-state index in [9.17, 15) is 8.78 Å². The van der Waals surface area contributed by atoms with Crippen LogP contribution in [0.4, 0.5) is 8.78 Å². The maximum absolute atomic E-state index is 12.3. The van der Waals surface area contributed by atoms with E-state index in [1.807, 2.05) is 0 Å². The number of nitrogens with two attached hydrogens (primary N) is 1. The number of rotatable bonds is 3. The zero-order valence-electron chi connectivity index (χ0n) is 6.63. The first-order chi connectivity index (χ1) is 5.65. The molecule has 5 heteroatoms. The van der Waals surface area contributed by atoms with Gasteiger partial charge in [-0.2, -0.15) is 0 Å². The number of thiazole rings is 1. The molecule has 1 heterocycles. The van der Waals surface area contributed by atoms with Gasteiger partial charge < -0.3 is 5.73 Å². The predicted octanol–water partition coefficient (Wildman–Crippen LogP) is 1.76. The minimum absolute atomic E-state index is 0.0547. The first-order valence-electron chi connectivity index (χ1n) is 3.55. The van der Waals surface area contributed by atoms with E-state index in [1.165, 1.54) is 11.3 Å². The summed E-state index contributed by atoms with van der Waals surface area (Å²) in [5, 5.41) is 2.43. The molecule has 0 aliphatic heterocycles. The SMILES string of the molecule is Cc1nc(C(CN)C(F)F)cs1. The molecule has 0 aliphatic carbocycles. The number of aryl methyl sites for hydroxylation is 1. The van der Waals surface area contributed by atoms with Crippen molar-refractivity contribution in [2.45, 2.75) is 19.3 Å². The van der Waals surface area contributed by atoms with Crippen molar-refractivity contribution in [1.29, 1.82) is 0 Å². The Hall–Kier alpha value is -0.550. The summed E-state index contributed by atoms with van der Waals surface area (Å²) in [4.78, 5) is 3.96. The van der Waals surface area contributed by atoms with Crippen LogP contribution < -0.4 is 5.73 Å². The van der Waals surface area contributed by atoms with Crippen LogP contribution >= 0.6 is 11.3 Å². The van der Waals surface area contributed by atoms with Crippen molar-refractivity contribution >= 4 is 11.3 Å². The molecule has 68 valence electrons. The number of hydrogen-bond donors (Lipinski definition) is 1. The summed E-state index contributed by atoms with van der Waals surface area (Å²) in [6.07, 6.45) is -2.42. The van der Waals surface area contributed by atoms with Crippen LogP contribution in [0.5, 0.6) is 0 Å². The number of aromatic nitrogens is 1. The zero-order chi connectivity index (χ0) is 9.14. The van der Waals surface area contributed by atoms with Gasteiger partial charge in [0.1, 0.15) is 0 Å². The average Bonchev–Trinajstić information content (AvgIpc) is 2.37. The highest BCUT2D eigenvalue weighted by atomic mass is 32.1. The molecule has 0 saturated heterocycles. The largest absolute Gasteiger partial charge is 0.330 e. The lowest BCUT2D eigenvalue weighted by atomic mass is 10.1. The van der Waals surface area contributed by atoms with Gasteiger partial charge in [0, 0.05) is 11.9 Å². The van der Waals surface area contributed by atoms with Crippen molar-refractivity contribution < 1.29 is 8.78 Å². The first kappa shape index (κ1) is 9.54. The Labute approximate surface area is 73.4 Å². The molecule has 12 heavy (non-hydrogen) atoms. The molecule has 2 nitrogen and oxygen atoms in total. The van der Waals surface area contributed by atoms with E-state index in [-0.39, 0.29) is 6.54 Å². The van der Waals surface area contributed by atoms with Gasteiger partial charge in [-0.3, -0.25) is 0 Å². The quantitative estimate of drug-likeness (QED) is 0.792. The number of halogens is 2. The molecule has 1 unspecified atom stereocenters. The lowest BCUT2D eigenvalue weighted by molar-refractivity contribution is 0.115. The highest BCUT2D eigenvalue weighted by Gasteiger charge is 2.22. The lowest BCUT2D eigenvalue weighted by Crippen LogP contribution is -2.19. The van der Waals surface area contributed by atoms with Gasteiger partial charge in [-0.1, -0.05) is 0 Å². The van der Waals surface area contributed by atoms with Gasteiger partial charge in [-0.25, -0.2) is 13.8 Å². The third-order valence-electron chi connectivity index (χ3n) is 1.57. The van der Waals surface area contributed by atoms with Crippen molar-refractivity contribution in [3.05, 3.63) is 16.1 Å². The molecule has 0 amide bonds. The molecule has 0 bridgehead atoms. The maximum atomic E-state index is 12.3. The van der Waals surface area contributed by atoms with Gasteiger partial charge in [0.15, 0.2) is 0 Å². The summed E-state index contributed by atoms with van der Waals surface area (Å²) < 4.78 is 24.6. The second kappa shape index (κ2) is 3.91. The van der Waals surface area contributed by atoms with Crippen LogP contribution in [0.1, 0.15) is 16.6 Å². The Morgan fingerprint density at radius 3 is 2.67 bits per heavy atom. The molecule has 1 aromatic heterocycles. The molecule has 1 rings (SSSR count). The molecule has 0 aliphatic rings. The van der Waals surface area contributed by atoms with E-state index in [2.05, 4.69) is 4.98 Å². The normalized spacial score (nSPS) is 13.8. The van der Waals surface area contributed by atoms with Crippen LogP contribution in [-0.4, -0.2) is 18.0 Å². The lowest BCUT2D eigenvalue weighted by Gasteiger charge is -2.09. The predicted molar refractivity (Wildman–Crippen MR) is 44.7 cm³/mol. The molecule has 0 radical (unpaired) electrons. The van der Waals surface area contributed by atoms with E-state index in [0.29, 0.717) is 5.69 Å². The molecule has 0 spiro atoms. The molecular formula is C7H10F2N2S. The van der Waals surface area contributed by atoms with Crippen LogP contribution in [0.15, 0.2) is 5.38 Å². The number of hydrogen-bond acceptors (Lipinski definition) is 3. The summed E-state index contributed by atoms with van der Waals surface area (Å²) in [6, 6.07) is 0. The Morgan fingerprint density at radius 1 is 1.67 bits per heavy atom. The van der Waals surface area contributed by atoms with Crippen molar-refractivity contribution in [2.75, 3.05) is 6.54 Å². The van der Waals surface area contributed by atoms with Gasteiger partial charge in [0.2, 0.25) is 6.43 Å². The van der Waals surface area contributed by atoms with E-state index < -0.39 is 12.3 Å². The smallest absolute Gasteiger partial charge is 0.248 e. The summed E-state index contributed by atoms with van der Waals surface area (Å²) in [5.41, 5.74) is 5.61. The summed E-state index contributed by atoms with van der Waals surface area (Å²) in [6.45, 7) is 1.73. The van der Waals surface area contributed by atoms with Crippen molar-refractivity contribution in [1.82, 2.24) is 4.98 Å². The fourth-order valence-electron chi connectivity index (χ4n) is 0.903. The number of alkyl halides is 2. The van der Waals surface area contributed by atoms with Crippen molar-refractivity contribution in [3.63, 3.8) is 0 Å². The molecule has 1 aromatic rings. The fourth-order valence-corrected chi connectivity index (χ4v) is 1.58. The maximum Gasteiger partial charge on any atom is 0.248 e. The Kier molecular flexibility index (Phi) is 3.11. The van der Waals surface area contributed by atoms with Crippen LogP contribution in [0.3, 0.4) is 0 Å². The zero-order valence-corrected chi connectivity index (χ0v) is 7.44. The third-order valence-corrected chi connectivity index (χ3v) is 2.37. The van der Waals surface area contributed by atoms with E-state index in [0.717, 1.165) is 5.01 Å². The summed E-state index contributed by atoms with van der Waals surface area (Å²) in [7, 11) is 0. The summed E-state index contributed by atoms with van der Waals surface area (Å²) >= 11 is 1.37. The van der Waals surface area contributed by atoms with Crippen LogP contribution in [-0.2, 0) is 0 Å². The monoisotopic (exact) mass is 192 g/mol. The number of nitrogens with zero attached hydrogens (tertiary/aromatic N) is 1. The molecule has 0 saturated carbocycles. The molecule has 0 aromatic carbocycles. The second-order valence-corrected chi connectivity index (χ2v) is 3.53. The average molecular weight is 192 g/mol. The Balaban J connectivity index is 2.80. The highest BCUT2D eigenvalue weighted by Crippen LogP contribution is 2.23. The fraction of sp³-hybridized carbons (Fsp3) is 0.571. The van der Waals surface area contributed by atoms with Gasteiger partial charge >= 0.3 is 0 Å². The van der Waals surface area contributed by atoms with Gasteiger partial charge in [-0.05, 0) is 6.92 Å².